The summed E-state index contributed by atoms with van der Waals surface area (Å²) < 4.78 is 44.0. The van der Waals surface area contributed by atoms with Gasteiger partial charge in [-0.3, -0.25) is 9.35 Å². The predicted octanol–water partition coefficient (Wildman–Crippen LogP) is 6.93. The molecule has 0 aromatic rings. The van der Waals surface area contributed by atoms with E-state index in [9.17, 15) is 17.8 Å². The number of ether oxygens (including phenoxy) is 1. The molecule has 0 amide bonds. The van der Waals surface area contributed by atoms with Crippen LogP contribution in [0.5, 0.6) is 0 Å². The summed E-state index contributed by atoms with van der Waals surface area (Å²) in [7, 11) is -3.02. The van der Waals surface area contributed by atoms with Crippen molar-refractivity contribution < 1.29 is 26.7 Å². The van der Waals surface area contributed by atoms with Gasteiger partial charge < -0.3 is 4.74 Å². The average molecular weight is 549 g/mol. The second-order valence-corrected chi connectivity index (χ2v) is 16.1. The van der Waals surface area contributed by atoms with Crippen LogP contribution in [0.15, 0.2) is 23.8 Å². The van der Waals surface area contributed by atoms with Crippen LogP contribution in [0.2, 0.25) is 0 Å². The second kappa shape index (κ2) is 8.66. The van der Waals surface area contributed by atoms with Crippen molar-refractivity contribution in [2.24, 2.45) is 50.7 Å². The third-order valence-corrected chi connectivity index (χ3v) is 13.3. The van der Waals surface area contributed by atoms with Crippen molar-refractivity contribution in [2.45, 2.75) is 105 Å². The van der Waals surface area contributed by atoms with Gasteiger partial charge in [0.05, 0.1) is 18.6 Å². The number of hydrogen-bond acceptors (Lipinski definition) is 5. The van der Waals surface area contributed by atoms with Crippen LogP contribution >= 0.6 is 0 Å². The Hall–Kier alpha value is -1.18. The van der Waals surface area contributed by atoms with Gasteiger partial charge in [0, 0.05) is 5.92 Å². The van der Waals surface area contributed by atoms with E-state index >= 15 is 0 Å². The molecule has 0 heterocycles. The number of fused-ring (bicyclic) bond motifs is 7. The van der Waals surface area contributed by atoms with E-state index in [1.54, 1.807) is 7.11 Å². The maximum Gasteiger partial charge on any atom is 0.397 e. The van der Waals surface area contributed by atoms with Gasteiger partial charge in [0.2, 0.25) is 0 Å². The molecule has 0 aliphatic heterocycles. The summed E-state index contributed by atoms with van der Waals surface area (Å²) in [6.45, 7) is 18.1. The minimum Gasteiger partial charge on any atom is -0.469 e. The molecule has 38 heavy (non-hydrogen) atoms. The van der Waals surface area contributed by atoms with Gasteiger partial charge in [-0.2, -0.15) is 8.42 Å². The molecule has 1 N–H and O–H groups in total. The summed E-state index contributed by atoms with van der Waals surface area (Å²) in [5.74, 6) is 0.677. The predicted molar refractivity (Wildman–Crippen MR) is 147 cm³/mol. The fourth-order valence-corrected chi connectivity index (χ4v) is 11.3. The van der Waals surface area contributed by atoms with Crippen LogP contribution in [0.4, 0.5) is 0 Å². The summed E-state index contributed by atoms with van der Waals surface area (Å²) in [5, 5.41) is 0. The number of carbonyl (C=O) groups is 1. The van der Waals surface area contributed by atoms with Gasteiger partial charge in [0.25, 0.3) is 0 Å². The van der Waals surface area contributed by atoms with Crippen molar-refractivity contribution in [3.05, 3.63) is 23.8 Å². The van der Waals surface area contributed by atoms with Crippen molar-refractivity contribution in [1.82, 2.24) is 0 Å². The minimum absolute atomic E-state index is 0.0127. The standard InChI is InChI=1S/C31H48O6S/c1-19(2)25-21-11-12-30(7)24(28(21,5)18-23(25)37-38(33,34)35)10-9-20-22-17-27(3,4)13-15-31(22,26(32)36-8)16-14-29(20,30)6/h9,21-25H,1,10-18H2,2-8H3,(H,33,34,35)/t21?,22-,23-,24+,25+,28-,29+,30+,31-/m0/s1. The SMILES string of the molecule is C=C(C)[C@@H]1C2CC[C@]3(C)[C@H](CC=C4[C@@H]5CC(C)(C)CC[C@]5(C(=O)OC)CC[C@]43C)[C@@]2(C)C[C@@H]1OS(=O)(=O)O. The Bertz CT molecular complexity index is 1170. The van der Waals surface area contributed by atoms with Crippen LogP contribution < -0.4 is 0 Å². The zero-order chi connectivity index (χ0) is 28.1. The summed E-state index contributed by atoms with van der Waals surface area (Å²) in [6.07, 6.45) is 10.2. The molecule has 214 valence electrons. The molecule has 6 nitrogen and oxygen atoms in total. The number of hydrogen-bond donors (Lipinski definition) is 1. The molecule has 7 heteroatoms. The van der Waals surface area contributed by atoms with E-state index in [2.05, 4.69) is 47.3 Å². The lowest BCUT2D eigenvalue weighted by molar-refractivity contribution is -0.174. The highest BCUT2D eigenvalue weighted by atomic mass is 32.3. The van der Waals surface area contributed by atoms with Crippen molar-refractivity contribution in [1.29, 1.82) is 0 Å². The molecule has 0 radical (unpaired) electrons. The molecule has 5 rings (SSSR count). The number of carbonyl (C=O) groups excluding carboxylic acids is 1. The summed E-state index contributed by atoms with van der Waals surface area (Å²) >= 11 is 0. The molecule has 5 aliphatic carbocycles. The Morgan fingerprint density at radius 2 is 1.71 bits per heavy atom. The lowest BCUT2D eigenvalue weighted by Crippen LogP contribution is -2.61. The van der Waals surface area contributed by atoms with Crippen molar-refractivity contribution in [2.75, 3.05) is 7.11 Å². The molecular weight excluding hydrogens is 500 g/mol. The monoisotopic (exact) mass is 548 g/mol. The Morgan fingerprint density at radius 1 is 1.05 bits per heavy atom. The van der Waals surface area contributed by atoms with Gasteiger partial charge in [-0.05, 0) is 104 Å². The normalized spacial score (nSPS) is 47.6. The van der Waals surface area contributed by atoms with Gasteiger partial charge in [-0.1, -0.05) is 58.4 Å². The lowest BCUT2D eigenvalue weighted by atomic mass is 9.36. The van der Waals surface area contributed by atoms with Gasteiger partial charge >= 0.3 is 16.4 Å². The maximum absolute atomic E-state index is 13.4. The van der Waals surface area contributed by atoms with Crippen molar-refractivity contribution in [3.63, 3.8) is 0 Å². The first-order valence-electron chi connectivity index (χ1n) is 14.5. The number of esters is 1. The zero-order valence-electron chi connectivity index (χ0n) is 24.4. The molecule has 5 aliphatic rings. The third-order valence-electron chi connectivity index (χ3n) is 12.9. The summed E-state index contributed by atoms with van der Waals surface area (Å²) in [6, 6.07) is 0. The van der Waals surface area contributed by atoms with Crippen LogP contribution in [-0.4, -0.2) is 32.2 Å². The first-order chi connectivity index (χ1) is 17.4. The second-order valence-electron chi connectivity index (χ2n) is 15.1. The fourth-order valence-electron chi connectivity index (χ4n) is 10.8. The highest BCUT2D eigenvalue weighted by Crippen LogP contribution is 2.76. The van der Waals surface area contributed by atoms with Crippen molar-refractivity contribution in [3.8, 4) is 0 Å². The van der Waals surface area contributed by atoms with Gasteiger partial charge in [-0.15, -0.1) is 0 Å². The van der Waals surface area contributed by atoms with E-state index in [-0.39, 0.29) is 45.4 Å². The van der Waals surface area contributed by atoms with E-state index in [4.69, 9.17) is 8.92 Å². The topological polar surface area (TPSA) is 89.9 Å². The Labute approximate surface area is 230 Å². The van der Waals surface area contributed by atoms with Crippen LogP contribution in [0.1, 0.15) is 99.3 Å². The first kappa shape index (κ1) is 28.4. The maximum atomic E-state index is 13.4. The number of methoxy groups -OCH3 is 1. The fraction of sp³-hybridized carbons (Fsp3) is 0.839. The molecule has 1 unspecified atom stereocenters. The van der Waals surface area contributed by atoms with Crippen molar-refractivity contribution >= 4 is 16.4 Å². The molecular formula is C31H48O6S. The van der Waals surface area contributed by atoms with Gasteiger partial charge in [-0.25, -0.2) is 4.18 Å². The number of rotatable bonds is 4. The van der Waals surface area contributed by atoms with E-state index in [1.165, 1.54) is 5.57 Å². The summed E-state index contributed by atoms with van der Waals surface area (Å²) in [5.41, 5.74) is 2.00. The van der Waals surface area contributed by atoms with E-state index in [0.29, 0.717) is 12.3 Å². The Balaban J connectivity index is 1.58. The smallest absolute Gasteiger partial charge is 0.397 e. The molecule has 0 spiro atoms. The van der Waals surface area contributed by atoms with Gasteiger partial charge in [0.15, 0.2) is 0 Å². The molecule has 9 atom stereocenters. The van der Waals surface area contributed by atoms with Crippen LogP contribution in [0.25, 0.3) is 0 Å². The lowest BCUT2D eigenvalue weighted by Gasteiger charge is -2.68. The third kappa shape index (κ3) is 3.84. The number of allylic oxidation sites excluding steroid dienone is 2. The van der Waals surface area contributed by atoms with E-state index < -0.39 is 21.9 Å². The molecule has 0 bridgehead atoms. The highest BCUT2D eigenvalue weighted by molar-refractivity contribution is 7.80. The summed E-state index contributed by atoms with van der Waals surface area (Å²) in [4.78, 5) is 13.4. The Kier molecular flexibility index (Phi) is 6.46. The van der Waals surface area contributed by atoms with Crippen LogP contribution in [0.3, 0.4) is 0 Å². The van der Waals surface area contributed by atoms with Crippen LogP contribution in [0, 0.1) is 50.7 Å². The molecule has 4 fully saturated rings. The van der Waals surface area contributed by atoms with Gasteiger partial charge in [0.1, 0.15) is 0 Å². The Morgan fingerprint density at radius 3 is 2.32 bits per heavy atom. The van der Waals surface area contributed by atoms with Crippen LogP contribution in [-0.2, 0) is 24.1 Å². The van der Waals surface area contributed by atoms with E-state index in [0.717, 1.165) is 56.9 Å². The zero-order valence-corrected chi connectivity index (χ0v) is 25.2. The average Bonchev–Trinajstić information content (AvgIpc) is 3.08. The molecule has 0 saturated heterocycles. The largest absolute Gasteiger partial charge is 0.469 e. The molecule has 0 aromatic carbocycles. The molecule has 4 saturated carbocycles. The molecule has 0 aromatic heterocycles. The quantitative estimate of drug-likeness (QED) is 0.233. The minimum atomic E-state index is -4.56. The highest BCUT2D eigenvalue weighted by Gasteiger charge is 2.70. The first-order valence-corrected chi connectivity index (χ1v) is 15.9. The van der Waals surface area contributed by atoms with E-state index in [1.807, 2.05) is 6.92 Å².